The van der Waals surface area contributed by atoms with Crippen LogP contribution in [0.5, 0.6) is 0 Å². The Morgan fingerprint density at radius 2 is 2.06 bits per heavy atom. The Morgan fingerprint density at radius 3 is 2.82 bits per heavy atom. The fraction of sp³-hybridized carbons (Fsp3) is 0.333. The van der Waals surface area contributed by atoms with Crippen molar-refractivity contribution in [1.29, 1.82) is 0 Å². The average molecular weight is 268 g/mol. The number of para-hydroxylation sites is 2. The standard InChI is InChI=1S/C12H13N3S.ClH/c1-2-4-11-10(3-1)14-8-12(15-11)16-9-5-6-13-7-9;/h1-4,8-9,13H,5-7H2;1H/t9-;/m1./s1. The van der Waals surface area contributed by atoms with Crippen LogP contribution in [0.25, 0.3) is 11.0 Å². The van der Waals surface area contributed by atoms with E-state index in [0.717, 1.165) is 29.1 Å². The Hall–Kier alpha value is -0.840. The van der Waals surface area contributed by atoms with E-state index in [0.29, 0.717) is 5.25 Å². The first-order chi connectivity index (χ1) is 7.92. The molecule has 1 aromatic carbocycles. The van der Waals surface area contributed by atoms with Gasteiger partial charge in [0.1, 0.15) is 5.03 Å². The maximum Gasteiger partial charge on any atom is 0.115 e. The van der Waals surface area contributed by atoms with Crippen LogP contribution in [0.1, 0.15) is 6.42 Å². The highest BCUT2D eigenvalue weighted by Crippen LogP contribution is 2.25. The van der Waals surface area contributed by atoms with Crippen molar-refractivity contribution in [2.45, 2.75) is 16.7 Å². The number of hydrogen-bond donors (Lipinski definition) is 1. The third-order valence-electron chi connectivity index (χ3n) is 2.73. The van der Waals surface area contributed by atoms with E-state index in [1.54, 1.807) is 0 Å². The van der Waals surface area contributed by atoms with Crippen molar-refractivity contribution in [2.24, 2.45) is 0 Å². The topological polar surface area (TPSA) is 37.8 Å². The van der Waals surface area contributed by atoms with Crippen LogP contribution >= 0.6 is 24.2 Å². The van der Waals surface area contributed by atoms with E-state index in [4.69, 9.17) is 0 Å². The van der Waals surface area contributed by atoms with Gasteiger partial charge in [-0.2, -0.15) is 0 Å². The van der Waals surface area contributed by atoms with E-state index < -0.39 is 0 Å². The largest absolute Gasteiger partial charge is 0.316 e. The summed E-state index contributed by atoms with van der Waals surface area (Å²) in [6, 6.07) is 8.00. The van der Waals surface area contributed by atoms with E-state index >= 15 is 0 Å². The fourth-order valence-corrected chi connectivity index (χ4v) is 2.94. The second-order valence-corrected chi connectivity index (χ2v) is 5.25. The highest BCUT2D eigenvalue weighted by molar-refractivity contribution is 7.99. The molecule has 1 fully saturated rings. The highest BCUT2D eigenvalue weighted by Gasteiger charge is 2.16. The summed E-state index contributed by atoms with van der Waals surface area (Å²) in [5, 5.41) is 5.04. The van der Waals surface area contributed by atoms with Gasteiger partial charge in [-0.05, 0) is 25.1 Å². The lowest BCUT2D eigenvalue weighted by Gasteiger charge is -2.07. The van der Waals surface area contributed by atoms with Crippen LogP contribution in [0.2, 0.25) is 0 Å². The molecule has 1 atom stereocenters. The van der Waals surface area contributed by atoms with E-state index in [1.165, 1.54) is 6.42 Å². The van der Waals surface area contributed by atoms with Gasteiger partial charge in [-0.3, -0.25) is 4.98 Å². The third-order valence-corrected chi connectivity index (χ3v) is 3.90. The molecule has 3 rings (SSSR count). The Bertz CT molecular complexity index is 500. The van der Waals surface area contributed by atoms with Crippen molar-refractivity contribution < 1.29 is 0 Å². The second-order valence-electron chi connectivity index (χ2n) is 3.93. The molecule has 0 bridgehead atoms. The number of rotatable bonds is 2. The summed E-state index contributed by atoms with van der Waals surface area (Å²) >= 11 is 1.83. The van der Waals surface area contributed by atoms with E-state index in [-0.39, 0.29) is 12.4 Å². The Labute approximate surface area is 111 Å². The van der Waals surface area contributed by atoms with E-state index in [2.05, 4.69) is 15.3 Å². The van der Waals surface area contributed by atoms with Gasteiger partial charge in [-0.15, -0.1) is 24.2 Å². The zero-order chi connectivity index (χ0) is 10.8. The molecule has 0 amide bonds. The smallest absolute Gasteiger partial charge is 0.115 e. The predicted molar refractivity (Wildman–Crippen MR) is 73.9 cm³/mol. The van der Waals surface area contributed by atoms with Crippen LogP contribution in [-0.2, 0) is 0 Å². The molecule has 1 aliphatic rings. The van der Waals surface area contributed by atoms with Crippen LogP contribution in [-0.4, -0.2) is 28.3 Å². The summed E-state index contributed by atoms with van der Waals surface area (Å²) in [5.41, 5.74) is 1.95. The molecule has 0 spiro atoms. The lowest BCUT2D eigenvalue weighted by molar-refractivity contribution is 0.858. The molecule has 0 unspecified atom stereocenters. The van der Waals surface area contributed by atoms with Crippen molar-refractivity contribution in [3.63, 3.8) is 0 Å². The summed E-state index contributed by atoms with van der Waals surface area (Å²) < 4.78 is 0. The first-order valence-corrected chi connectivity index (χ1v) is 6.39. The Kier molecular flexibility index (Phi) is 4.20. The number of thioether (sulfide) groups is 1. The van der Waals surface area contributed by atoms with Crippen LogP contribution in [0.4, 0.5) is 0 Å². The minimum absolute atomic E-state index is 0. The average Bonchev–Trinajstić information content (AvgIpc) is 2.82. The van der Waals surface area contributed by atoms with Crippen LogP contribution in [0.15, 0.2) is 35.5 Å². The van der Waals surface area contributed by atoms with Gasteiger partial charge in [0.05, 0.1) is 17.2 Å². The number of aromatic nitrogens is 2. The molecule has 90 valence electrons. The maximum absolute atomic E-state index is 4.61. The van der Waals surface area contributed by atoms with Crippen molar-refractivity contribution in [2.75, 3.05) is 13.1 Å². The lowest BCUT2D eigenvalue weighted by atomic mass is 10.3. The third kappa shape index (κ3) is 2.89. The molecule has 2 heterocycles. The molecule has 1 aliphatic heterocycles. The Balaban J connectivity index is 0.00000108. The molecular formula is C12H14ClN3S. The minimum atomic E-state index is 0. The number of benzene rings is 1. The van der Waals surface area contributed by atoms with Gasteiger partial charge in [0.25, 0.3) is 0 Å². The van der Waals surface area contributed by atoms with Gasteiger partial charge in [-0.25, -0.2) is 4.98 Å². The van der Waals surface area contributed by atoms with E-state index in [9.17, 15) is 0 Å². The fourth-order valence-electron chi connectivity index (χ4n) is 1.90. The molecule has 0 radical (unpaired) electrons. The molecule has 2 aromatic rings. The molecule has 1 N–H and O–H groups in total. The molecule has 1 saturated heterocycles. The van der Waals surface area contributed by atoms with E-state index in [1.807, 2.05) is 42.2 Å². The van der Waals surface area contributed by atoms with Crippen LogP contribution in [0.3, 0.4) is 0 Å². The molecule has 1 aromatic heterocycles. The van der Waals surface area contributed by atoms with Gasteiger partial charge in [0, 0.05) is 11.8 Å². The van der Waals surface area contributed by atoms with Crippen molar-refractivity contribution in [3.8, 4) is 0 Å². The number of nitrogens with one attached hydrogen (secondary N) is 1. The predicted octanol–water partition coefficient (Wildman–Crippen LogP) is 2.51. The summed E-state index contributed by atoms with van der Waals surface area (Å²) in [4.78, 5) is 9.03. The molecule has 3 nitrogen and oxygen atoms in total. The van der Waals surface area contributed by atoms with Crippen molar-refractivity contribution in [3.05, 3.63) is 30.5 Å². The van der Waals surface area contributed by atoms with Gasteiger partial charge < -0.3 is 5.32 Å². The van der Waals surface area contributed by atoms with Crippen LogP contribution in [0, 0.1) is 0 Å². The first kappa shape index (κ1) is 12.6. The SMILES string of the molecule is Cl.c1ccc2nc(S[C@@H]3CCNC3)cnc2c1. The normalized spacial score (nSPS) is 19.2. The maximum atomic E-state index is 4.61. The zero-order valence-corrected chi connectivity index (χ0v) is 10.9. The highest BCUT2D eigenvalue weighted by atomic mass is 35.5. The second kappa shape index (κ2) is 5.67. The molecular weight excluding hydrogens is 254 g/mol. The number of fused-ring (bicyclic) bond motifs is 1. The van der Waals surface area contributed by atoms with Gasteiger partial charge in [-0.1, -0.05) is 12.1 Å². The summed E-state index contributed by atoms with van der Waals surface area (Å²) in [5.74, 6) is 0. The molecule has 0 saturated carbocycles. The molecule has 0 aliphatic carbocycles. The number of halogens is 1. The summed E-state index contributed by atoms with van der Waals surface area (Å²) in [7, 11) is 0. The summed E-state index contributed by atoms with van der Waals surface area (Å²) in [6.07, 6.45) is 3.10. The van der Waals surface area contributed by atoms with Crippen molar-refractivity contribution >= 4 is 35.2 Å². The minimum Gasteiger partial charge on any atom is -0.316 e. The monoisotopic (exact) mass is 267 g/mol. The van der Waals surface area contributed by atoms with Gasteiger partial charge in [0.15, 0.2) is 0 Å². The van der Waals surface area contributed by atoms with Gasteiger partial charge in [0.2, 0.25) is 0 Å². The number of nitrogens with zero attached hydrogens (tertiary/aromatic N) is 2. The lowest BCUT2D eigenvalue weighted by Crippen LogP contribution is -2.10. The number of hydrogen-bond acceptors (Lipinski definition) is 4. The molecule has 5 heteroatoms. The van der Waals surface area contributed by atoms with Crippen LogP contribution < -0.4 is 5.32 Å². The summed E-state index contributed by atoms with van der Waals surface area (Å²) in [6.45, 7) is 2.21. The van der Waals surface area contributed by atoms with Gasteiger partial charge >= 0.3 is 0 Å². The molecule has 17 heavy (non-hydrogen) atoms. The zero-order valence-electron chi connectivity index (χ0n) is 9.30. The first-order valence-electron chi connectivity index (χ1n) is 5.51. The Morgan fingerprint density at radius 1 is 1.24 bits per heavy atom. The van der Waals surface area contributed by atoms with Crippen molar-refractivity contribution in [1.82, 2.24) is 15.3 Å². The quantitative estimate of drug-likeness (QED) is 0.907.